The lowest BCUT2D eigenvalue weighted by molar-refractivity contribution is 0.389. The number of fused-ring (bicyclic) bond motifs is 1. The molecule has 19 heavy (non-hydrogen) atoms. The first-order valence-corrected chi connectivity index (χ1v) is 6.21. The molecule has 2 N–H and O–H groups in total. The number of methoxy groups -OCH3 is 1. The zero-order valence-electron chi connectivity index (χ0n) is 11.2. The molecule has 0 fully saturated rings. The van der Waals surface area contributed by atoms with Gasteiger partial charge in [-0.3, -0.25) is 4.98 Å². The molecule has 0 saturated heterocycles. The molecule has 1 aromatic heterocycles. The Balaban J connectivity index is 2.56. The summed E-state index contributed by atoms with van der Waals surface area (Å²) in [5.74, 6) is -0.142. The van der Waals surface area contributed by atoms with Crippen molar-refractivity contribution in [3.8, 4) is 5.75 Å². The van der Waals surface area contributed by atoms with E-state index in [0.717, 1.165) is 18.7 Å². The zero-order chi connectivity index (χ0) is 13.8. The van der Waals surface area contributed by atoms with Crippen LogP contribution in [-0.4, -0.2) is 32.2 Å². The highest BCUT2D eigenvalue weighted by Gasteiger charge is 2.15. The Morgan fingerprint density at radius 3 is 2.95 bits per heavy atom. The van der Waals surface area contributed by atoms with Gasteiger partial charge in [0.25, 0.3) is 0 Å². The second-order valence-electron chi connectivity index (χ2n) is 4.38. The van der Waals surface area contributed by atoms with Crippen LogP contribution in [0.3, 0.4) is 0 Å². The number of pyridine rings is 1. The highest BCUT2D eigenvalue weighted by Crippen LogP contribution is 2.33. The number of rotatable bonds is 5. The molecule has 0 spiro atoms. The third-order valence-corrected chi connectivity index (χ3v) is 3.10. The van der Waals surface area contributed by atoms with Crippen LogP contribution in [0.5, 0.6) is 5.75 Å². The molecule has 2 aromatic rings. The van der Waals surface area contributed by atoms with Crippen LogP contribution < -0.4 is 15.4 Å². The van der Waals surface area contributed by atoms with E-state index in [9.17, 15) is 4.39 Å². The summed E-state index contributed by atoms with van der Waals surface area (Å²) >= 11 is 0. The van der Waals surface area contributed by atoms with Crippen molar-refractivity contribution in [1.82, 2.24) is 4.98 Å². The molecule has 0 aliphatic heterocycles. The molecule has 5 heteroatoms. The van der Waals surface area contributed by atoms with Gasteiger partial charge >= 0.3 is 0 Å². The summed E-state index contributed by atoms with van der Waals surface area (Å²) in [6.45, 7) is 1.41. The predicted octanol–water partition coefficient (Wildman–Crippen LogP) is 2.17. The summed E-state index contributed by atoms with van der Waals surface area (Å²) in [4.78, 5) is 6.30. The summed E-state index contributed by atoms with van der Waals surface area (Å²) in [7, 11) is 3.40. The maximum Gasteiger partial charge on any atom is 0.174 e. The first kappa shape index (κ1) is 13.5. The Hall–Kier alpha value is -1.88. The smallest absolute Gasteiger partial charge is 0.174 e. The number of hydrogen-bond acceptors (Lipinski definition) is 4. The molecular formula is C14H18FN3O. The minimum Gasteiger partial charge on any atom is -0.494 e. The van der Waals surface area contributed by atoms with Gasteiger partial charge in [0.15, 0.2) is 11.6 Å². The van der Waals surface area contributed by atoms with Crippen LogP contribution in [0.1, 0.15) is 6.42 Å². The monoisotopic (exact) mass is 263 g/mol. The number of ether oxygens (including phenoxy) is 1. The third-order valence-electron chi connectivity index (χ3n) is 3.10. The molecule has 1 heterocycles. The lowest BCUT2D eigenvalue weighted by atomic mass is 10.1. The van der Waals surface area contributed by atoms with Crippen LogP contribution in [-0.2, 0) is 0 Å². The molecular weight excluding hydrogens is 245 g/mol. The Kier molecular flexibility index (Phi) is 4.16. The highest BCUT2D eigenvalue weighted by molar-refractivity contribution is 5.92. The van der Waals surface area contributed by atoms with Crippen molar-refractivity contribution >= 4 is 16.6 Å². The molecule has 2 rings (SSSR count). The van der Waals surface area contributed by atoms with Crippen LogP contribution in [0.4, 0.5) is 10.1 Å². The lowest BCUT2D eigenvalue weighted by Crippen LogP contribution is -2.21. The van der Waals surface area contributed by atoms with Crippen molar-refractivity contribution in [2.75, 3.05) is 32.1 Å². The summed E-state index contributed by atoms with van der Waals surface area (Å²) < 4.78 is 19.3. The number of nitrogens with two attached hydrogens (primary N) is 1. The van der Waals surface area contributed by atoms with Crippen molar-refractivity contribution in [2.24, 2.45) is 5.73 Å². The van der Waals surface area contributed by atoms with Crippen LogP contribution in [0.25, 0.3) is 10.9 Å². The quantitative estimate of drug-likeness (QED) is 0.898. The van der Waals surface area contributed by atoms with Gasteiger partial charge in [-0.1, -0.05) is 0 Å². The standard InChI is InChI=1S/C14H18FN3O/c1-18(8-4-6-16)11-9-12(19-2)13(15)10-5-3-7-17-14(10)11/h3,5,7,9H,4,6,8,16H2,1-2H3. The lowest BCUT2D eigenvalue weighted by Gasteiger charge is -2.21. The number of halogens is 1. The zero-order valence-corrected chi connectivity index (χ0v) is 11.2. The molecule has 0 aliphatic carbocycles. The van der Waals surface area contributed by atoms with E-state index in [-0.39, 0.29) is 11.6 Å². The number of anilines is 1. The minimum atomic E-state index is -0.374. The molecule has 1 aromatic carbocycles. The average molecular weight is 263 g/mol. The van der Waals surface area contributed by atoms with E-state index in [1.54, 1.807) is 24.4 Å². The fourth-order valence-electron chi connectivity index (χ4n) is 2.06. The van der Waals surface area contributed by atoms with E-state index in [1.807, 2.05) is 11.9 Å². The van der Waals surface area contributed by atoms with Crippen LogP contribution >= 0.6 is 0 Å². The van der Waals surface area contributed by atoms with Crippen molar-refractivity contribution in [3.05, 3.63) is 30.2 Å². The topological polar surface area (TPSA) is 51.4 Å². The van der Waals surface area contributed by atoms with Crippen molar-refractivity contribution in [3.63, 3.8) is 0 Å². The van der Waals surface area contributed by atoms with E-state index < -0.39 is 0 Å². The van der Waals surface area contributed by atoms with Gasteiger partial charge in [-0.25, -0.2) is 4.39 Å². The molecule has 0 aliphatic rings. The number of hydrogen-bond donors (Lipinski definition) is 1. The largest absolute Gasteiger partial charge is 0.494 e. The van der Waals surface area contributed by atoms with Gasteiger partial charge in [-0.15, -0.1) is 0 Å². The van der Waals surface area contributed by atoms with Gasteiger partial charge in [-0.2, -0.15) is 0 Å². The predicted molar refractivity (Wildman–Crippen MR) is 75.2 cm³/mol. The second kappa shape index (κ2) is 5.84. The Bertz CT molecular complexity index is 574. The maximum atomic E-state index is 14.2. The van der Waals surface area contributed by atoms with E-state index in [2.05, 4.69) is 4.98 Å². The molecule has 0 amide bonds. The van der Waals surface area contributed by atoms with E-state index >= 15 is 0 Å². The van der Waals surface area contributed by atoms with Crippen molar-refractivity contribution < 1.29 is 9.13 Å². The maximum absolute atomic E-state index is 14.2. The Morgan fingerprint density at radius 2 is 2.26 bits per heavy atom. The van der Waals surface area contributed by atoms with Crippen LogP contribution in [0, 0.1) is 5.82 Å². The van der Waals surface area contributed by atoms with Crippen LogP contribution in [0.15, 0.2) is 24.4 Å². The van der Waals surface area contributed by atoms with Crippen molar-refractivity contribution in [1.29, 1.82) is 0 Å². The fraction of sp³-hybridized carbons (Fsp3) is 0.357. The van der Waals surface area contributed by atoms with Gasteiger partial charge in [0, 0.05) is 31.2 Å². The summed E-state index contributed by atoms with van der Waals surface area (Å²) in [5, 5.41) is 0.469. The summed E-state index contributed by atoms with van der Waals surface area (Å²) in [6.07, 6.45) is 2.53. The number of benzene rings is 1. The van der Waals surface area contributed by atoms with Gasteiger partial charge in [0.2, 0.25) is 0 Å². The fourth-order valence-corrected chi connectivity index (χ4v) is 2.06. The van der Waals surface area contributed by atoms with Gasteiger partial charge < -0.3 is 15.4 Å². The molecule has 4 nitrogen and oxygen atoms in total. The van der Waals surface area contributed by atoms with Gasteiger partial charge in [0.05, 0.1) is 18.3 Å². The SMILES string of the molecule is COc1cc(N(C)CCCN)c2ncccc2c1F. The molecule has 0 radical (unpaired) electrons. The van der Waals surface area contributed by atoms with Gasteiger partial charge in [0.1, 0.15) is 0 Å². The van der Waals surface area contributed by atoms with Crippen LogP contribution in [0.2, 0.25) is 0 Å². The third kappa shape index (κ3) is 2.61. The number of aromatic nitrogens is 1. The molecule has 102 valence electrons. The minimum absolute atomic E-state index is 0.232. The molecule has 0 unspecified atom stereocenters. The first-order chi connectivity index (χ1) is 9.19. The van der Waals surface area contributed by atoms with E-state index in [4.69, 9.17) is 10.5 Å². The first-order valence-electron chi connectivity index (χ1n) is 6.21. The Morgan fingerprint density at radius 1 is 1.47 bits per heavy atom. The van der Waals surface area contributed by atoms with Gasteiger partial charge in [-0.05, 0) is 25.1 Å². The summed E-state index contributed by atoms with van der Waals surface area (Å²) in [5.41, 5.74) is 7.01. The molecule has 0 saturated carbocycles. The normalized spacial score (nSPS) is 10.7. The average Bonchev–Trinajstić information content (AvgIpc) is 2.45. The summed E-state index contributed by atoms with van der Waals surface area (Å²) in [6, 6.07) is 5.11. The number of nitrogens with zero attached hydrogens (tertiary/aromatic N) is 2. The van der Waals surface area contributed by atoms with E-state index in [1.165, 1.54) is 7.11 Å². The van der Waals surface area contributed by atoms with Crippen molar-refractivity contribution in [2.45, 2.75) is 6.42 Å². The molecule has 0 bridgehead atoms. The Labute approximate surface area is 112 Å². The highest BCUT2D eigenvalue weighted by atomic mass is 19.1. The second-order valence-corrected chi connectivity index (χ2v) is 4.38. The van der Waals surface area contributed by atoms with E-state index in [0.29, 0.717) is 17.4 Å². The molecule has 0 atom stereocenters.